The third-order valence-corrected chi connectivity index (χ3v) is 23.4. The molecular formula is C18H32Cl2SiZr. The molecule has 0 aliphatic heterocycles. The van der Waals surface area contributed by atoms with Gasteiger partial charge >= 0.3 is 128 Å². The summed E-state index contributed by atoms with van der Waals surface area (Å²) in [5, 5.41) is 0. The van der Waals surface area contributed by atoms with Crippen LogP contribution in [0.2, 0.25) is 9.26 Å². The largest absolute Gasteiger partial charge is 0.147 e. The van der Waals surface area contributed by atoms with E-state index in [4.69, 9.17) is 0 Å². The predicted octanol–water partition coefficient (Wildman–Crippen LogP) is 6.19. The summed E-state index contributed by atoms with van der Waals surface area (Å²) in [6.45, 7) is 16.4. The molecule has 0 aromatic rings. The van der Waals surface area contributed by atoms with Gasteiger partial charge in [0, 0.05) is 0 Å². The van der Waals surface area contributed by atoms with Gasteiger partial charge in [0.1, 0.15) is 0 Å². The Morgan fingerprint density at radius 3 is 1.09 bits per heavy atom. The van der Waals surface area contributed by atoms with E-state index in [0.717, 1.165) is 0 Å². The SMILES string of the molecule is CC1=C(C)C(C)=[C]([Zr]([CH3])([CH3])(=[SiH2])[C]2=C(C)C(C)=C(C)C2)C1.Cl.Cl. The zero-order chi connectivity index (χ0) is 15.5. The van der Waals surface area contributed by atoms with Crippen molar-refractivity contribution in [2.45, 2.75) is 63.6 Å². The van der Waals surface area contributed by atoms with Gasteiger partial charge in [0.25, 0.3) is 0 Å². The van der Waals surface area contributed by atoms with E-state index in [2.05, 4.69) is 57.7 Å². The van der Waals surface area contributed by atoms with Gasteiger partial charge in [0.05, 0.1) is 0 Å². The number of allylic oxidation sites excluding steroid dienone is 8. The molecule has 4 heteroatoms. The van der Waals surface area contributed by atoms with Crippen molar-refractivity contribution < 1.29 is 17.4 Å². The Kier molecular flexibility index (Phi) is 7.07. The number of rotatable bonds is 2. The minimum Gasteiger partial charge on any atom is -0.147 e. The van der Waals surface area contributed by atoms with E-state index in [0.29, 0.717) is 0 Å². The Morgan fingerprint density at radius 2 is 0.909 bits per heavy atom. The van der Waals surface area contributed by atoms with Gasteiger partial charge in [-0.15, -0.1) is 24.8 Å². The Morgan fingerprint density at radius 1 is 0.636 bits per heavy atom. The molecule has 0 N–H and O–H groups in total. The van der Waals surface area contributed by atoms with Crippen molar-refractivity contribution in [2.75, 3.05) is 0 Å². The van der Waals surface area contributed by atoms with Gasteiger partial charge in [0.15, 0.2) is 0 Å². The molecule has 0 nitrogen and oxygen atoms in total. The Bertz CT molecular complexity index is 643. The van der Waals surface area contributed by atoms with Crippen LogP contribution in [0.3, 0.4) is 0 Å². The molecule has 0 spiro atoms. The fraction of sp³-hybridized carbons (Fsp3) is 0.556. The van der Waals surface area contributed by atoms with Gasteiger partial charge in [0.2, 0.25) is 0 Å². The molecule has 0 saturated heterocycles. The average molecular weight is 439 g/mol. The summed E-state index contributed by atoms with van der Waals surface area (Å²) in [6.07, 6.45) is 2.49. The first-order chi connectivity index (χ1) is 8.96. The van der Waals surface area contributed by atoms with Gasteiger partial charge in [-0.3, -0.25) is 0 Å². The van der Waals surface area contributed by atoms with Gasteiger partial charge in [-0.1, -0.05) is 0 Å². The molecule has 0 aromatic heterocycles. The minimum atomic E-state index is -2.94. The fourth-order valence-electron chi connectivity index (χ4n) is 4.11. The molecule has 0 unspecified atom stereocenters. The van der Waals surface area contributed by atoms with Crippen LogP contribution in [-0.2, 0) is 17.4 Å². The average Bonchev–Trinajstić information content (AvgIpc) is 2.75. The molecule has 126 valence electrons. The van der Waals surface area contributed by atoms with Crippen molar-refractivity contribution in [3.05, 3.63) is 40.0 Å². The van der Waals surface area contributed by atoms with Crippen molar-refractivity contribution in [1.82, 2.24) is 0 Å². The molecule has 22 heavy (non-hydrogen) atoms. The summed E-state index contributed by atoms with van der Waals surface area (Å²) >= 11 is -2.94. The number of hydrogen-bond acceptors (Lipinski definition) is 0. The van der Waals surface area contributed by atoms with Crippen LogP contribution in [0.25, 0.3) is 0 Å². The zero-order valence-electron chi connectivity index (χ0n) is 15.4. The van der Waals surface area contributed by atoms with E-state index in [1.807, 2.05) is 6.56 Å². The maximum absolute atomic E-state index is 2.94. The van der Waals surface area contributed by atoms with Crippen LogP contribution in [-0.4, -0.2) is 6.88 Å². The first-order valence-corrected chi connectivity index (χ1v) is 21.1. The summed E-state index contributed by atoms with van der Waals surface area (Å²) in [5.41, 5.74) is 9.57. The normalized spacial score (nSPS) is 19.9. The third-order valence-electron chi connectivity index (χ3n) is 6.13. The standard InChI is InChI=1S/2C8H11.2CH3.2ClH.H2Si.Zr/c2*1-6-4-5-7(2)8(6)3;;;;;;/h2*4H2,1-3H3;2*1H3;2*1H;1H2;. The third kappa shape index (κ3) is 3.37. The van der Waals surface area contributed by atoms with Crippen molar-refractivity contribution in [1.29, 1.82) is 0 Å². The van der Waals surface area contributed by atoms with Crippen molar-refractivity contribution >= 4 is 31.7 Å². The topological polar surface area (TPSA) is 0 Å². The molecule has 0 bridgehead atoms. The summed E-state index contributed by atoms with van der Waals surface area (Å²) < 4.78 is 9.01. The van der Waals surface area contributed by atoms with Crippen LogP contribution in [0.5, 0.6) is 0 Å². The Hall–Kier alpha value is 0.640. The minimum absolute atomic E-state index is 0. The first-order valence-electron chi connectivity index (χ1n) is 7.77. The number of hydrogen-bond donors (Lipinski definition) is 0. The number of halogens is 2. The first kappa shape index (κ1) is 22.6. The predicted molar refractivity (Wildman–Crippen MR) is 106 cm³/mol. The molecule has 2 aliphatic carbocycles. The fourth-order valence-corrected chi connectivity index (χ4v) is 20.5. The van der Waals surface area contributed by atoms with Gasteiger partial charge in [-0.05, 0) is 0 Å². The van der Waals surface area contributed by atoms with Crippen LogP contribution >= 0.6 is 24.8 Å². The van der Waals surface area contributed by atoms with Crippen LogP contribution in [0.4, 0.5) is 0 Å². The smallest absolute Gasteiger partial charge is 0.147 e. The molecule has 0 amide bonds. The van der Waals surface area contributed by atoms with Crippen molar-refractivity contribution in [2.24, 2.45) is 0 Å². The zero-order valence-corrected chi connectivity index (χ0v) is 20.9. The van der Waals surface area contributed by atoms with E-state index in [1.165, 1.54) is 12.8 Å². The maximum Gasteiger partial charge on any atom is -0.147 e. The summed E-state index contributed by atoms with van der Waals surface area (Å²) in [7, 11) is 0. The van der Waals surface area contributed by atoms with Gasteiger partial charge in [-0.25, -0.2) is 0 Å². The van der Waals surface area contributed by atoms with Crippen molar-refractivity contribution in [3.63, 3.8) is 0 Å². The van der Waals surface area contributed by atoms with Gasteiger partial charge < -0.3 is 0 Å². The second kappa shape index (κ2) is 6.87. The van der Waals surface area contributed by atoms with E-state index in [9.17, 15) is 0 Å². The van der Waals surface area contributed by atoms with Gasteiger partial charge in [-0.2, -0.15) is 0 Å². The molecule has 2 aliphatic rings. The molecule has 0 saturated carbocycles. The Balaban J connectivity index is 0.00000220. The van der Waals surface area contributed by atoms with E-state index >= 15 is 0 Å². The van der Waals surface area contributed by atoms with Crippen LogP contribution in [0.15, 0.2) is 40.0 Å². The van der Waals surface area contributed by atoms with E-state index in [-0.39, 0.29) is 24.8 Å². The molecule has 0 aromatic carbocycles. The van der Waals surface area contributed by atoms with Crippen molar-refractivity contribution in [3.8, 4) is 0 Å². The van der Waals surface area contributed by atoms with Crippen LogP contribution in [0, 0.1) is 0 Å². The maximum atomic E-state index is 2.66. The molecule has 0 heterocycles. The summed E-state index contributed by atoms with van der Waals surface area (Å²) in [4.78, 5) is 0. The van der Waals surface area contributed by atoms with E-state index in [1.54, 1.807) is 33.4 Å². The second-order valence-electron chi connectivity index (χ2n) is 8.06. The summed E-state index contributed by atoms with van der Waals surface area (Å²) in [5.74, 6) is 0. The Labute approximate surface area is 151 Å². The molecule has 2 rings (SSSR count). The molecule has 0 atom stereocenters. The molecular weight excluding hydrogens is 406 g/mol. The monoisotopic (exact) mass is 436 g/mol. The van der Waals surface area contributed by atoms with E-state index < -0.39 is 17.4 Å². The summed E-state index contributed by atoms with van der Waals surface area (Å²) in [6, 6.07) is 0. The molecule has 0 radical (unpaired) electrons. The van der Waals surface area contributed by atoms with Crippen LogP contribution < -0.4 is 0 Å². The second-order valence-corrected chi connectivity index (χ2v) is 36.8. The molecule has 0 fully saturated rings. The quantitative estimate of drug-likeness (QED) is 0.451. The van der Waals surface area contributed by atoms with Crippen LogP contribution in [0.1, 0.15) is 54.4 Å².